The highest BCUT2D eigenvalue weighted by atomic mass is 35.5. The molecule has 0 bridgehead atoms. The highest BCUT2D eigenvalue weighted by Crippen LogP contribution is 2.27. The molecule has 2 aromatic carbocycles. The number of morpholine rings is 1. The normalized spacial score (nSPS) is 22.5. The van der Waals surface area contributed by atoms with Crippen LogP contribution >= 0.6 is 11.6 Å². The number of hydrogen-bond donors (Lipinski definition) is 0. The van der Waals surface area contributed by atoms with Crippen molar-refractivity contribution < 1.29 is 14.3 Å². The number of ether oxygens (including phenoxy) is 1. The number of carbonyl (C=O) groups excluding carboxylic acids is 2. The van der Waals surface area contributed by atoms with Crippen LogP contribution in [-0.4, -0.2) is 47.4 Å². The lowest BCUT2D eigenvalue weighted by Crippen LogP contribution is -2.50. The molecule has 6 heteroatoms. The number of likely N-dealkylation sites (tertiary alicyclic amines) is 1. The Bertz CT molecular complexity index is 841. The molecule has 0 N–H and O–H groups in total. The molecule has 2 fully saturated rings. The first-order chi connectivity index (χ1) is 13.6. The Kier molecular flexibility index (Phi) is 5.64. The Balaban J connectivity index is 1.46. The number of benzene rings is 2. The molecule has 5 nitrogen and oxygen atoms in total. The van der Waals surface area contributed by atoms with E-state index in [4.69, 9.17) is 16.3 Å². The van der Waals surface area contributed by atoms with E-state index in [0.29, 0.717) is 44.1 Å². The average molecular weight is 399 g/mol. The third kappa shape index (κ3) is 4.05. The van der Waals surface area contributed by atoms with Gasteiger partial charge in [-0.05, 0) is 29.7 Å². The fourth-order valence-electron chi connectivity index (χ4n) is 3.91. The molecule has 2 unspecified atom stereocenters. The third-order valence-corrected chi connectivity index (χ3v) is 5.68. The lowest BCUT2D eigenvalue weighted by molar-refractivity contribution is -0.147. The van der Waals surface area contributed by atoms with Crippen LogP contribution in [0.4, 0.5) is 0 Å². The Morgan fingerprint density at radius 1 is 1.11 bits per heavy atom. The van der Waals surface area contributed by atoms with Crippen molar-refractivity contribution in [2.45, 2.75) is 31.5 Å². The zero-order valence-electron chi connectivity index (χ0n) is 15.6. The molecule has 4 rings (SSSR count). The Morgan fingerprint density at radius 3 is 2.61 bits per heavy atom. The fourth-order valence-corrected chi connectivity index (χ4v) is 4.03. The summed E-state index contributed by atoms with van der Waals surface area (Å²) in [4.78, 5) is 29.2. The van der Waals surface area contributed by atoms with Crippen LogP contribution in [0.2, 0.25) is 5.02 Å². The van der Waals surface area contributed by atoms with Gasteiger partial charge in [-0.2, -0.15) is 0 Å². The smallest absolute Gasteiger partial charge is 0.245 e. The van der Waals surface area contributed by atoms with Crippen LogP contribution in [0.15, 0.2) is 54.6 Å². The Labute approximate surface area is 169 Å². The van der Waals surface area contributed by atoms with Gasteiger partial charge in [-0.25, -0.2) is 0 Å². The Hall–Kier alpha value is -2.37. The van der Waals surface area contributed by atoms with Gasteiger partial charge in [-0.15, -0.1) is 0 Å². The van der Waals surface area contributed by atoms with Gasteiger partial charge in [-0.3, -0.25) is 9.59 Å². The van der Waals surface area contributed by atoms with Crippen LogP contribution in [0.5, 0.6) is 0 Å². The Morgan fingerprint density at radius 2 is 1.86 bits per heavy atom. The molecule has 2 atom stereocenters. The number of amides is 2. The first-order valence-corrected chi connectivity index (χ1v) is 9.99. The first-order valence-electron chi connectivity index (χ1n) is 9.61. The molecular weight excluding hydrogens is 376 g/mol. The quantitative estimate of drug-likeness (QED) is 0.792. The highest BCUT2D eigenvalue weighted by molar-refractivity contribution is 6.30. The summed E-state index contributed by atoms with van der Waals surface area (Å²) >= 11 is 5.97. The van der Waals surface area contributed by atoms with Gasteiger partial charge in [-0.1, -0.05) is 54.1 Å². The van der Waals surface area contributed by atoms with Crippen molar-refractivity contribution in [2.75, 3.05) is 19.7 Å². The van der Waals surface area contributed by atoms with Gasteiger partial charge in [0.15, 0.2) is 0 Å². The largest absolute Gasteiger partial charge is 0.370 e. The van der Waals surface area contributed by atoms with Crippen LogP contribution in [0.25, 0.3) is 0 Å². The van der Waals surface area contributed by atoms with Crippen LogP contribution in [0.1, 0.15) is 30.1 Å². The zero-order chi connectivity index (χ0) is 19.5. The molecule has 0 saturated carbocycles. The van der Waals surface area contributed by atoms with E-state index in [1.165, 1.54) is 0 Å². The van der Waals surface area contributed by atoms with Crippen LogP contribution in [0.3, 0.4) is 0 Å². The molecule has 28 heavy (non-hydrogen) atoms. The van der Waals surface area contributed by atoms with Crippen molar-refractivity contribution in [2.24, 2.45) is 0 Å². The van der Waals surface area contributed by atoms with Crippen LogP contribution < -0.4 is 0 Å². The molecule has 0 aliphatic carbocycles. The minimum Gasteiger partial charge on any atom is -0.370 e. The molecule has 2 aliphatic heterocycles. The second-order valence-corrected chi connectivity index (χ2v) is 7.69. The summed E-state index contributed by atoms with van der Waals surface area (Å²) in [5.41, 5.74) is 2.04. The third-order valence-electron chi connectivity index (χ3n) is 5.43. The summed E-state index contributed by atoms with van der Waals surface area (Å²) in [6.45, 7) is 2.00. The minimum absolute atomic E-state index is 0.0176. The van der Waals surface area contributed by atoms with E-state index in [0.717, 1.165) is 11.1 Å². The monoisotopic (exact) mass is 398 g/mol. The van der Waals surface area contributed by atoms with E-state index in [-0.39, 0.29) is 17.9 Å². The molecule has 2 aliphatic rings. The molecule has 0 aromatic heterocycles. The summed E-state index contributed by atoms with van der Waals surface area (Å²) in [5, 5.41) is 0.675. The molecule has 2 amide bonds. The topological polar surface area (TPSA) is 49.9 Å². The predicted molar refractivity (Wildman–Crippen MR) is 107 cm³/mol. The molecular formula is C22H23ClN2O3. The van der Waals surface area contributed by atoms with Gasteiger partial charge in [0.1, 0.15) is 12.1 Å². The number of carbonyl (C=O) groups is 2. The summed E-state index contributed by atoms with van der Waals surface area (Å²) in [6, 6.07) is 17.0. The van der Waals surface area contributed by atoms with Crippen molar-refractivity contribution in [1.82, 2.24) is 9.80 Å². The van der Waals surface area contributed by atoms with Gasteiger partial charge >= 0.3 is 0 Å². The highest BCUT2D eigenvalue weighted by Gasteiger charge is 2.39. The van der Waals surface area contributed by atoms with Crippen molar-refractivity contribution in [1.29, 1.82) is 0 Å². The van der Waals surface area contributed by atoms with Crippen LogP contribution in [0, 0.1) is 0 Å². The van der Waals surface area contributed by atoms with E-state index < -0.39 is 6.04 Å². The summed E-state index contributed by atoms with van der Waals surface area (Å²) in [6.07, 6.45) is 0.830. The van der Waals surface area contributed by atoms with E-state index in [2.05, 4.69) is 0 Å². The summed E-state index contributed by atoms with van der Waals surface area (Å²) in [7, 11) is 0. The standard InChI is InChI=1S/C22H23ClN2O3/c23-18-8-6-17(7-9-18)20-15-24(12-13-28-20)22(27)19-10-11-21(26)25(19)14-16-4-2-1-3-5-16/h1-9,19-20H,10-15H2. The van der Waals surface area contributed by atoms with Crippen molar-refractivity contribution in [3.63, 3.8) is 0 Å². The van der Waals surface area contributed by atoms with Crippen molar-refractivity contribution in [3.8, 4) is 0 Å². The van der Waals surface area contributed by atoms with Gasteiger partial charge in [0.05, 0.1) is 13.2 Å². The number of hydrogen-bond acceptors (Lipinski definition) is 3. The fraction of sp³-hybridized carbons (Fsp3) is 0.364. The van der Waals surface area contributed by atoms with Crippen molar-refractivity contribution >= 4 is 23.4 Å². The molecule has 0 spiro atoms. The summed E-state index contributed by atoms with van der Waals surface area (Å²) < 4.78 is 5.87. The minimum atomic E-state index is -0.392. The number of nitrogens with zero attached hydrogens (tertiary/aromatic N) is 2. The number of halogens is 1. The second kappa shape index (κ2) is 8.33. The molecule has 2 heterocycles. The van der Waals surface area contributed by atoms with Crippen LogP contribution in [-0.2, 0) is 20.9 Å². The van der Waals surface area contributed by atoms with E-state index >= 15 is 0 Å². The zero-order valence-corrected chi connectivity index (χ0v) is 16.3. The average Bonchev–Trinajstić information content (AvgIpc) is 3.09. The second-order valence-electron chi connectivity index (χ2n) is 7.26. The lowest BCUT2D eigenvalue weighted by Gasteiger charge is -2.36. The molecule has 0 radical (unpaired) electrons. The van der Waals surface area contributed by atoms with Gasteiger partial charge in [0, 0.05) is 24.5 Å². The number of rotatable bonds is 4. The maximum atomic E-state index is 13.2. The predicted octanol–water partition coefficient (Wildman–Crippen LogP) is 3.43. The lowest BCUT2D eigenvalue weighted by atomic mass is 10.1. The molecule has 146 valence electrons. The molecule has 2 saturated heterocycles. The van der Waals surface area contributed by atoms with Gasteiger partial charge < -0.3 is 14.5 Å². The van der Waals surface area contributed by atoms with E-state index in [9.17, 15) is 9.59 Å². The van der Waals surface area contributed by atoms with Crippen molar-refractivity contribution in [3.05, 3.63) is 70.7 Å². The summed E-state index contributed by atoms with van der Waals surface area (Å²) in [5.74, 6) is 0.0637. The van der Waals surface area contributed by atoms with Gasteiger partial charge in [0.25, 0.3) is 0 Å². The SMILES string of the molecule is O=C(C1CCC(=O)N1Cc1ccccc1)N1CCOC(c2ccc(Cl)cc2)C1. The van der Waals surface area contributed by atoms with E-state index in [1.54, 1.807) is 4.90 Å². The molecule has 2 aromatic rings. The first kappa shape index (κ1) is 19.0. The van der Waals surface area contributed by atoms with Gasteiger partial charge in [0.2, 0.25) is 11.8 Å². The maximum Gasteiger partial charge on any atom is 0.245 e. The maximum absolute atomic E-state index is 13.2. The van der Waals surface area contributed by atoms with E-state index in [1.807, 2.05) is 59.5 Å².